The Morgan fingerprint density at radius 2 is 1.79 bits per heavy atom. The van der Waals surface area contributed by atoms with E-state index < -0.39 is 11.9 Å². The van der Waals surface area contributed by atoms with E-state index in [1.165, 1.54) is 4.90 Å². The normalized spacial score (nSPS) is 15.9. The molecule has 0 saturated carbocycles. The largest absolute Gasteiger partial charge is 0.450 e. The van der Waals surface area contributed by atoms with E-state index in [4.69, 9.17) is 20.5 Å². The van der Waals surface area contributed by atoms with Gasteiger partial charge < -0.3 is 8.94 Å². The van der Waals surface area contributed by atoms with Crippen molar-refractivity contribution in [3.8, 4) is 0 Å². The van der Waals surface area contributed by atoms with Crippen molar-refractivity contribution >= 4 is 34.3 Å². The number of hydrogen-bond acceptors (Lipinski definition) is 5. The maximum atomic E-state index is 13.4. The van der Waals surface area contributed by atoms with Gasteiger partial charge in [-0.05, 0) is 37.6 Å². The predicted octanol–water partition coefficient (Wildman–Crippen LogP) is 4.80. The highest BCUT2D eigenvalue weighted by molar-refractivity contribution is 6.31. The van der Waals surface area contributed by atoms with Crippen molar-refractivity contribution in [3.63, 3.8) is 0 Å². The number of benzene rings is 2. The topological polar surface area (TPSA) is 76.6 Å². The van der Waals surface area contributed by atoms with E-state index in [0.29, 0.717) is 27.6 Å². The molecule has 7 heteroatoms. The number of amides is 1. The van der Waals surface area contributed by atoms with Gasteiger partial charge >= 0.3 is 0 Å². The average Bonchev–Trinajstić information content (AvgIpc) is 3.25. The molecule has 0 aliphatic carbocycles. The molecule has 0 N–H and O–H groups in total. The van der Waals surface area contributed by atoms with E-state index in [1.807, 2.05) is 31.2 Å². The Balaban J connectivity index is 1.83. The van der Waals surface area contributed by atoms with Gasteiger partial charge in [0.2, 0.25) is 5.76 Å². The first-order chi connectivity index (χ1) is 13.9. The average molecular weight is 407 g/mol. The van der Waals surface area contributed by atoms with Crippen molar-refractivity contribution < 1.29 is 13.7 Å². The third kappa shape index (κ3) is 2.68. The van der Waals surface area contributed by atoms with Gasteiger partial charge in [0.05, 0.1) is 17.0 Å². The third-order valence-electron chi connectivity index (χ3n) is 5.09. The van der Waals surface area contributed by atoms with Crippen molar-refractivity contribution in [1.82, 2.24) is 5.16 Å². The van der Waals surface area contributed by atoms with Gasteiger partial charge in [0.25, 0.3) is 5.91 Å². The maximum absolute atomic E-state index is 13.4. The van der Waals surface area contributed by atoms with Crippen molar-refractivity contribution in [1.29, 1.82) is 0 Å². The second-order valence-corrected chi connectivity index (χ2v) is 7.54. The van der Waals surface area contributed by atoms with Crippen LogP contribution in [0.25, 0.3) is 11.0 Å². The number of carbonyl (C=O) groups excluding carboxylic acids is 1. The monoisotopic (exact) mass is 406 g/mol. The van der Waals surface area contributed by atoms with Gasteiger partial charge in [-0.15, -0.1) is 0 Å². The fourth-order valence-corrected chi connectivity index (χ4v) is 3.88. The molecule has 0 fully saturated rings. The minimum absolute atomic E-state index is 0.0102. The lowest BCUT2D eigenvalue weighted by atomic mass is 9.98. The molecule has 1 amide bonds. The van der Waals surface area contributed by atoms with Crippen molar-refractivity contribution in [3.05, 3.63) is 92.0 Å². The number of halogens is 1. The predicted molar refractivity (Wildman–Crippen MR) is 109 cm³/mol. The highest BCUT2D eigenvalue weighted by atomic mass is 35.5. The summed E-state index contributed by atoms with van der Waals surface area (Å²) in [4.78, 5) is 28.2. The van der Waals surface area contributed by atoms with Gasteiger partial charge in [-0.2, -0.15) is 0 Å². The van der Waals surface area contributed by atoms with Crippen molar-refractivity contribution in [2.75, 3.05) is 4.90 Å². The standard InChI is InChI=1S/C22H15ClN2O4/c1-11-3-5-13(6-4-11)19-18-20(26)15-10-14(23)7-8-16(15)28-21(18)22(27)25(19)17-9-12(2)29-24-17/h3-10,19H,1-2H3/t19-/m1/s1. The molecule has 0 bridgehead atoms. The molecule has 0 radical (unpaired) electrons. The first kappa shape index (κ1) is 17.7. The molecule has 0 saturated heterocycles. The molecule has 1 aliphatic rings. The number of fused-ring (bicyclic) bond motifs is 2. The maximum Gasteiger partial charge on any atom is 0.296 e. The van der Waals surface area contributed by atoms with Crippen LogP contribution in [0.5, 0.6) is 0 Å². The number of rotatable bonds is 2. The summed E-state index contributed by atoms with van der Waals surface area (Å²) < 4.78 is 11.1. The summed E-state index contributed by atoms with van der Waals surface area (Å²) in [5, 5.41) is 4.76. The number of anilines is 1. The fourth-order valence-electron chi connectivity index (χ4n) is 3.71. The Morgan fingerprint density at radius 1 is 1.03 bits per heavy atom. The molecule has 2 aromatic heterocycles. The molecule has 29 heavy (non-hydrogen) atoms. The quantitative estimate of drug-likeness (QED) is 0.478. The van der Waals surface area contributed by atoms with Gasteiger partial charge in [-0.25, -0.2) is 0 Å². The number of carbonyl (C=O) groups is 1. The smallest absolute Gasteiger partial charge is 0.296 e. The highest BCUT2D eigenvalue weighted by Crippen LogP contribution is 2.41. The lowest BCUT2D eigenvalue weighted by molar-refractivity contribution is 0.0969. The van der Waals surface area contributed by atoms with Crippen LogP contribution in [-0.4, -0.2) is 11.1 Å². The second kappa shape index (κ2) is 6.32. The highest BCUT2D eigenvalue weighted by Gasteiger charge is 2.44. The summed E-state index contributed by atoms with van der Waals surface area (Å²) in [5.41, 5.74) is 2.14. The van der Waals surface area contributed by atoms with Crippen LogP contribution in [0.2, 0.25) is 5.02 Å². The van der Waals surface area contributed by atoms with Crippen LogP contribution in [0.1, 0.15) is 39.0 Å². The molecular formula is C22H15ClN2O4. The van der Waals surface area contributed by atoms with E-state index in [1.54, 1.807) is 31.2 Å². The molecule has 0 spiro atoms. The summed E-state index contributed by atoms with van der Waals surface area (Å²) in [6.07, 6.45) is 0. The molecule has 4 aromatic rings. The Hall–Kier alpha value is -3.38. The molecule has 0 unspecified atom stereocenters. The van der Waals surface area contributed by atoms with E-state index in [2.05, 4.69) is 5.16 Å². The zero-order chi connectivity index (χ0) is 20.3. The summed E-state index contributed by atoms with van der Waals surface area (Å²) in [5.74, 6) is 0.456. The van der Waals surface area contributed by atoms with Crippen molar-refractivity contribution in [2.24, 2.45) is 0 Å². The summed E-state index contributed by atoms with van der Waals surface area (Å²) >= 11 is 6.09. The van der Waals surface area contributed by atoms with E-state index in [9.17, 15) is 9.59 Å². The van der Waals surface area contributed by atoms with E-state index in [-0.39, 0.29) is 16.8 Å². The molecule has 1 atom stereocenters. The third-order valence-corrected chi connectivity index (χ3v) is 5.32. The van der Waals surface area contributed by atoms with Gasteiger partial charge in [0.15, 0.2) is 11.2 Å². The molecule has 5 rings (SSSR count). The Bertz CT molecular complexity index is 1340. The van der Waals surface area contributed by atoms with E-state index >= 15 is 0 Å². The number of aryl methyl sites for hydroxylation is 2. The Morgan fingerprint density at radius 3 is 2.48 bits per heavy atom. The van der Waals surface area contributed by atoms with Crippen LogP contribution in [-0.2, 0) is 0 Å². The van der Waals surface area contributed by atoms with Crippen LogP contribution >= 0.6 is 11.6 Å². The van der Waals surface area contributed by atoms with Gasteiger partial charge in [-0.1, -0.05) is 46.6 Å². The molecule has 6 nitrogen and oxygen atoms in total. The van der Waals surface area contributed by atoms with Crippen molar-refractivity contribution in [2.45, 2.75) is 19.9 Å². The van der Waals surface area contributed by atoms with Gasteiger partial charge in [0.1, 0.15) is 11.3 Å². The van der Waals surface area contributed by atoms with Crippen LogP contribution < -0.4 is 10.3 Å². The minimum atomic E-state index is -0.678. The van der Waals surface area contributed by atoms with Crippen LogP contribution in [0, 0.1) is 13.8 Å². The second-order valence-electron chi connectivity index (χ2n) is 7.10. The number of hydrogen-bond donors (Lipinski definition) is 0. The Kier molecular flexibility index (Phi) is 3.86. The van der Waals surface area contributed by atoms with Crippen LogP contribution in [0.15, 0.2) is 62.3 Å². The lowest BCUT2D eigenvalue weighted by Crippen LogP contribution is -2.29. The Labute approximate surface area is 170 Å². The minimum Gasteiger partial charge on any atom is -0.450 e. The first-order valence-electron chi connectivity index (χ1n) is 9.04. The molecule has 3 heterocycles. The summed E-state index contributed by atoms with van der Waals surface area (Å²) in [6, 6.07) is 13.4. The zero-order valence-electron chi connectivity index (χ0n) is 15.6. The summed E-state index contributed by atoms with van der Waals surface area (Å²) in [7, 11) is 0. The number of nitrogens with zero attached hydrogens (tertiary/aromatic N) is 2. The fraction of sp³-hybridized carbons (Fsp3) is 0.136. The summed E-state index contributed by atoms with van der Waals surface area (Å²) in [6.45, 7) is 3.71. The SMILES string of the molecule is Cc1ccc([C@@H]2c3c(oc4ccc(Cl)cc4c3=O)C(=O)N2c2cc(C)on2)cc1. The molecule has 2 aromatic carbocycles. The molecular weight excluding hydrogens is 392 g/mol. The van der Waals surface area contributed by atoms with Crippen LogP contribution in [0.4, 0.5) is 5.82 Å². The zero-order valence-corrected chi connectivity index (χ0v) is 16.4. The van der Waals surface area contributed by atoms with Gasteiger partial charge in [0, 0.05) is 11.1 Å². The molecule has 1 aliphatic heterocycles. The van der Waals surface area contributed by atoms with E-state index in [0.717, 1.165) is 11.1 Å². The molecule has 144 valence electrons. The van der Waals surface area contributed by atoms with Gasteiger partial charge in [-0.3, -0.25) is 14.5 Å². The van der Waals surface area contributed by atoms with Crippen LogP contribution in [0.3, 0.4) is 0 Å². The lowest BCUT2D eigenvalue weighted by Gasteiger charge is -2.22. The number of aromatic nitrogens is 1. The first-order valence-corrected chi connectivity index (χ1v) is 9.41.